The first-order chi connectivity index (χ1) is 13.5. The first-order valence-corrected chi connectivity index (χ1v) is 9.64. The van der Waals surface area contributed by atoms with Crippen molar-refractivity contribution in [3.63, 3.8) is 0 Å². The van der Waals surface area contributed by atoms with Gasteiger partial charge in [-0.05, 0) is 51.8 Å². The van der Waals surface area contributed by atoms with Gasteiger partial charge in [0.2, 0.25) is 5.75 Å². The quantitative estimate of drug-likeness (QED) is 0.250. The summed E-state index contributed by atoms with van der Waals surface area (Å²) in [5.41, 5.74) is -1.35. The van der Waals surface area contributed by atoms with Crippen LogP contribution >= 0.6 is 39.9 Å². The van der Waals surface area contributed by atoms with Crippen molar-refractivity contribution in [1.82, 2.24) is 5.32 Å². The van der Waals surface area contributed by atoms with Crippen LogP contribution in [0.2, 0.25) is 0 Å². The zero-order valence-electron chi connectivity index (χ0n) is 14.0. The average molecular weight is 505 g/mol. The molecule has 29 heavy (non-hydrogen) atoms. The molecule has 0 bridgehead atoms. The number of hydrogen-bond donors (Lipinski definition) is 1. The monoisotopic (exact) mass is 504 g/mol. The van der Waals surface area contributed by atoms with Crippen LogP contribution in [0.5, 0.6) is 11.5 Å². The molecule has 6 nitrogen and oxygen atoms in total. The summed E-state index contributed by atoms with van der Waals surface area (Å²) in [4.78, 5) is 22.3. The first-order valence-electron chi connectivity index (χ1n) is 7.62. The van der Waals surface area contributed by atoms with E-state index in [-0.39, 0.29) is 17.4 Å². The summed E-state index contributed by atoms with van der Waals surface area (Å²) < 4.78 is 44.6. The summed E-state index contributed by atoms with van der Waals surface area (Å²) in [7, 11) is 0. The predicted octanol–water partition coefficient (Wildman–Crippen LogP) is 5.66. The molecule has 0 radical (unpaired) electrons. The Kier molecular flexibility index (Phi) is 5.96. The minimum Gasteiger partial charge on any atom is -0.449 e. The maximum atomic E-state index is 12.8. The van der Waals surface area contributed by atoms with Crippen LogP contribution in [0.25, 0.3) is 6.08 Å². The predicted molar refractivity (Wildman–Crippen MR) is 109 cm³/mol. The van der Waals surface area contributed by atoms with Crippen LogP contribution in [-0.4, -0.2) is 15.2 Å². The SMILES string of the molecule is O=C1NC(=S)S/C1=C\c1ccc(Oc2ccc(C(F)(F)F)cc2[N+](=O)[O-])c(Br)c1. The Hall–Kier alpha value is -2.44. The molecule has 0 spiro atoms. The second-order valence-electron chi connectivity index (χ2n) is 5.58. The molecule has 0 atom stereocenters. The third kappa shape index (κ3) is 4.95. The molecule has 2 aromatic carbocycles. The van der Waals surface area contributed by atoms with Gasteiger partial charge in [0.15, 0.2) is 0 Å². The number of halogens is 4. The van der Waals surface area contributed by atoms with Gasteiger partial charge in [0.05, 0.1) is 19.9 Å². The van der Waals surface area contributed by atoms with Gasteiger partial charge in [-0.2, -0.15) is 13.2 Å². The lowest BCUT2D eigenvalue weighted by molar-refractivity contribution is -0.385. The van der Waals surface area contributed by atoms with Crippen LogP contribution in [0.3, 0.4) is 0 Å². The summed E-state index contributed by atoms with van der Waals surface area (Å²) in [5, 5.41) is 13.7. The molecule has 1 heterocycles. The first kappa shape index (κ1) is 21.3. The Morgan fingerprint density at radius 2 is 1.90 bits per heavy atom. The lowest BCUT2D eigenvalue weighted by Gasteiger charge is -2.11. The number of nitrogens with zero attached hydrogens (tertiary/aromatic N) is 1. The van der Waals surface area contributed by atoms with Gasteiger partial charge in [-0.1, -0.05) is 30.0 Å². The van der Waals surface area contributed by atoms with Crippen molar-refractivity contribution in [2.75, 3.05) is 0 Å². The zero-order chi connectivity index (χ0) is 21.3. The van der Waals surface area contributed by atoms with Gasteiger partial charge in [0, 0.05) is 6.07 Å². The van der Waals surface area contributed by atoms with E-state index in [1.165, 1.54) is 6.07 Å². The highest BCUT2D eigenvalue weighted by Crippen LogP contribution is 2.39. The molecular formula is C17H8BrF3N2O4S2. The fourth-order valence-corrected chi connectivity index (χ4v) is 3.82. The molecule has 0 aromatic heterocycles. The summed E-state index contributed by atoms with van der Waals surface area (Å²) in [5.74, 6) is -0.517. The van der Waals surface area contributed by atoms with Crippen LogP contribution < -0.4 is 10.1 Å². The van der Waals surface area contributed by atoms with Gasteiger partial charge in [-0.3, -0.25) is 14.9 Å². The maximum Gasteiger partial charge on any atom is 0.416 e. The lowest BCUT2D eigenvalue weighted by Crippen LogP contribution is -2.17. The minimum absolute atomic E-state index is 0.147. The van der Waals surface area contributed by atoms with Crippen molar-refractivity contribution < 1.29 is 27.6 Å². The van der Waals surface area contributed by atoms with Gasteiger partial charge < -0.3 is 10.1 Å². The topological polar surface area (TPSA) is 81.5 Å². The van der Waals surface area contributed by atoms with Crippen LogP contribution in [-0.2, 0) is 11.0 Å². The lowest BCUT2D eigenvalue weighted by atomic mass is 10.1. The second kappa shape index (κ2) is 8.13. The van der Waals surface area contributed by atoms with Crippen molar-refractivity contribution in [3.8, 4) is 11.5 Å². The summed E-state index contributed by atoms with van der Waals surface area (Å²) in [6.07, 6.45) is -3.12. The Bertz CT molecular complexity index is 1070. The van der Waals surface area contributed by atoms with E-state index in [1.807, 2.05) is 0 Å². The second-order valence-corrected chi connectivity index (χ2v) is 8.15. The van der Waals surface area contributed by atoms with E-state index in [2.05, 4.69) is 21.2 Å². The normalized spacial score (nSPS) is 15.5. The number of rotatable bonds is 4. The Morgan fingerprint density at radius 3 is 2.45 bits per heavy atom. The molecule has 1 fully saturated rings. The van der Waals surface area contributed by atoms with Gasteiger partial charge in [-0.25, -0.2) is 0 Å². The molecule has 1 aliphatic rings. The maximum absolute atomic E-state index is 12.8. The number of carbonyl (C=O) groups excluding carboxylic acids is 1. The van der Waals surface area contributed by atoms with Crippen LogP contribution in [0.4, 0.5) is 18.9 Å². The van der Waals surface area contributed by atoms with Gasteiger partial charge in [0.25, 0.3) is 5.91 Å². The van der Waals surface area contributed by atoms with E-state index in [4.69, 9.17) is 17.0 Å². The molecule has 1 N–H and O–H groups in total. The molecule has 2 aromatic rings. The molecule has 0 saturated carbocycles. The molecule has 150 valence electrons. The largest absolute Gasteiger partial charge is 0.449 e. The van der Waals surface area contributed by atoms with E-state index in [0.29, 0.717) is 31.4 Å². The number of carbonyl (C=O) groups is 1. The van der Waals surface area contributed by atoms with Crippen LogP contribution in [0.15, 0.2) is 45.8 Å². The fourth-order valence-electron chi connectivity index (χ4n) is 2.30. The van der Waals surface area contributed by atoms with Crippen LogP contribution in [0.1, 0.15) is 11.1 Å². The van der Waals surface area contributed by atoms with E-state index in [0.717, 1.165) is 17.8 Å². The van der Waals surface area contributed by atoms with Crippen molar-refractivity contribution in [3.05, 3.63) is 67.0 Å². The number of nitro benzene ring substituents is 1. The van der Waals surface area contributed by atoms with Crippen molar-refractivity contribution >= 4 is 61.9 Å². The third-order valence-corrected chi connectivity index (χ3v) is 5.38. The highest BCUT2D eigenvalue weighted by atomic mass is 79.9. The molecule has 1 amide bonds. The zero-order valence-corrected chi connectivity index (χ0v) is 17.2. The highest BCUT2D eigenvalue weighted by Gasteiger charge is 2.33. The molecule has 1 saturated heterocycles. The van der Waals surface area contributed by atoms with E-state index < -0.39 is 22.4 Å². The summed E-state index contributed by atoms with van der Waals surface area (Å²) in [6.45, 7) is 0. The average Bonchev–Trinajstić information content (AvgIpc) is 2.93. The number of amides is 1. The number of ether oxygens (including phenoxy) is 1. The molecule has 0 unspecified atom stereocenters. The van der Waals surface area contributed by atoms with E-state index in [1.54, 1.807) is 18.2 Å². The Labute approximate surface area is 179 Å². The van der Waals surface area contributed by atoms with Gasteiger partial charge in [-0.15, -0.1) is 0 Å². The van der Waals surface area contributed by atoms with E-state index >= 15 is 0 Å². The van der Waals surface area contributed by atoms with Gasteiger partial charge in [0.1, 0.15) is 10.1 Å². The number of nitrogens with one attached hydrogen (secondary N) is 1. The number of thioether (sulfide) groups is 1. The van der Waals surface area contributed by atoms with Crippen molar-refractivity contribution in [1.29, 1.82) is 0 Å². The van der Waals surface area contributed by atoms with Crippen molar-refractivity contribution in [2.24, 2.45) is 0 Å². The minimum atomic E-state index is -4.72. The summed E-state index contributed by atoms with van der Waals surface area (Å²) in [6, 6.07) is 6.65. The molecular weight excluding hydrogens is 497 g/mol. The number of nitro groups is 1. The smallest absolute Gasteiger partial charge is 0.416 e. The standard InChI is InChI=1S/C17H8BrF3N2O4S2/c18-10-5-8(6-14-15(24)22-16(28)29-14)1-3-12(10)27-13-4-2-9(17(19,20)21)7-11(13)23(25)26/h1-7H,(H,22,24,28)/b14-6-. The highest BCUT2D eigenvalue weighted by molar-refractivity contribution is 9.10. The summed E-state index contributed by atoms with van der Waals surface area (Å²) >= 11 is 9.27. The fraction of sp³-hybridized carbons (Fsp3) is 0.0588. The number of thiocarbonyl (C=S) groups is 1. The molecule has 12 heteroatoms. The van der Waals surface area contributed by atoms with Gasteiger partial charge >= 0.3 is 11.9 Å². The van der Waals surface area contributed by atoms with E-state index in [9.17, 15) is 28.1 Å². The number of alkyl halides is 3. The third-order valence-electron chi connectivity index (χ3n) is 3.60. The molecule has 1 aliphatic heterocycles. The number of hydrogen-bond acceptors (Lipinski definition) is 6. The Morgan fingerprint density at radius 1 is 1.21 bits per heavy atom. The Balaban J connectivity index is 1.89. The molecule has 0 aliphatic carbocycles. The number of benzene rings is 2. The molecule has 3 rings (SSSR count). The van der Waals surface area contributed by atoms with Crippen molar-refractivity contribution in [2.45, 2.75) is 6.18 Å². The van der Waals surface area contributed by atoms with Crippen LogP contribution in [0, 0.1) is 10.1 Å².